The minimum Gasteiger partial charge on any atom is -0.366 e. The molecule has 1 aromatic rings. The minimum atomic E-state index is 0.586. The van der Waals surface area contributed by atoms with Crippen LogP contribution in [0.4, 0.5) is 5.69 Å². The van der Waals surface area contributed by atoms with Gasteiger partial charge in [-0.25, -0.2) is 0 Å². The van der Waals surface area contributed by atoms with E-state index in [0.717, 1.165) is 13.1 Å². The molecule has 0 aliphatic carbocycles. The van der Waals surface area contributed by atoms with E-state index in [0.29, 0.717) is 12.1 Å². The number of nitrogens with zero attached hydrogens (tertiary/aromatic N) is 1. The molecule has 3 heteroatoms. The lowest BCUT2D eigenvalue weighted by Crippen LogP contribution is -2.55. The minimum absolute atomic E-state index is 0.586. The first-order chi connectivity index (χ1) is 7.70. The van der Waals surface area contributed by atoms with Crippen LogP contribution in [0.15, 0.2) is 24.3 Å². The average molecular weight is 330 g/mol. The quantitative estimate of drug-likeness (QED) is 0.839. The Bertz CT molecular complexity index is 336. The van der Waals surface area contributed by atoms with Gasteiger partial charge in [-0.05, 0) is 60.2 Å². The van der Waals surface area contributed by atoms with E-state index in [9.17, 15) is 0 Å². The lowest BCUT2D eigenvalue weighted by molar-refractivity contribution is 0.397. The summed E-state index contributed by atoms with van der Waals surface area (Å²) >= 11 is 2.35. The highest BCUT2D eigenvalue weighted by atomic mass is 127. The van der Waals surface area contributed by atoms with Crippen LogP contribution in [-0.2, 0) is 0 Å². The summed E-state index contributed by atoms with van der Waals surface area (Å²) in [6.07, 6.45) is 1.20. The van der Waals surface area contributed by atoms with Crippen molar-refractivity contribution in [3.8, 4) is 0 Å². The number of hydrogen-bond acceptors (Lipinski definition) is 2. The van der Waals surface area contributed by atoms with Gasteiger partial charge in [0.1, 0.15) is 0 Å². The van der Waals surface area contributed by atoms with E-state index in [1.165, 1.54) is 15.7 Å². The molecule has 1 aromatic carbocycles. The van der Waals surface area contributed by atoms with Gasteiger partial charge in [0.05, 0.1) is 0 Å². The number of piperazine rings is 1. The van der Waals surface area contributed by atoms with Crippen molar-refractivity contribution in [2.45, 2.75) is 32.4 Å². The first-order valence-corrected chi connectivity index (χ1v) is 7.04. The molecule has 0 radical (unpaired) electrons. The summed E-state index contributed by atoms with van der Waals surface area (Å²) in [5.74, 6) is 0. The summed E-state index contributed by atoms with van der Waals surface area (Å²) in [5, 5.41) is 3.59. The molecule has 0 bridgehead atoms. The van der Waals surface area contributed by atoms with Gasteiger partial charge in [0.25, 0.3) is 0 Å². The zero-order chi connectivity index (χ0) is 11.5. The van der Waals surface area contributed by atoms with Gasteiger partial charge in [-0.2, -0.15) is 0 Å². The standard InChI is InChI=1S/C13H19IN2/c1-3-12-9-16(10(2)8-15-12)13-6-4-11(14)5-7-13/h4-7,10,12,15H,3,8-9H2,1-2H3. The average Bonchev–Trinajstić information content (AvgIpc) is 2.31. The summed E-state index contributed by atoms with van der Waals surface area (Å²) in [5.41, 5.74) is 1.35. The molecule has 1 saturated heterocycles. The first-order valence-electron chi connectivity index (χ1n) is 5.96. The van der Waals surface area contributed by atoms with Crippen LogP contribution < -0.4 is 10.2 Å². The zero-order valence-electron chi connectivity index (χ0n) is 9.91. The number of nitrogens with one attached hydrogen (secondary N) is 1. The van der Waals surface area contributed by atoms with Crippen molar-refractivity contribution >= 4 is 28.3 Å². The summed E-state index contributed by atoms with van der Waals surface area (Å²) < 4.78 is 1.30. The Morgan fingerprint density at radius 3 is 2.69 bits per heavy atom. The van der Waals surface area contributed by atoms with Crippen LogP contribution in [-0.4, -0.2) is 25.2 Å². The number of anilines is 1. The van der Waals surface area contributed by atoms with Gasteiger partial charge in [0.2, 0.25) is 0 Å². The van der Waals surface area contributed by atoms with Crippen molar-refractivity contribution in [2.75, 3.05) is 18.0 Å². The second-order valence-electron chi connectivity index (χ2n) is 4.49. The van der Waals surface area contributed by atoms with E-state index in [-0.39, 0.29) is 0 Å². The highest BCUT2D eigenvalue weighted by Gasteiger charge is 2.23. The Morgan fingerprint density at radius 2 is 2.06 bits per heavy atom. The van der Waals surface area contributed by atoms with Crippen LogP contribution in [0.2, 0.25) is 0 Å². The van der Waals surface area contributed by atoms with Crippen molar-refractivity contribution < 1.29 is 0 Å². The highest BCUT2D eigenvalue weighted by molar-refractivity contribution is 14.1. The summed E-state index contributed by atoms with van der Waals surface area (Å²) in [4.78, 5) is 2.51. The van der Waals surface area contributed by atoms with Crippen LogP contribution in [0, 0.1) is 3.57 Å². The van der Waals surface area contributed by atoms with Crippen molar-refractivity contribution in [3.05, 3.63) is 27.8 Å². The van der Waals surface area contributed by atoms with E-state index in [2.05, 4.69) is 70.9 Å². The Labute approximate surface area is 112 Å². The molecule has 0 amide bonds. The zero-order valence-corrected chi connectivity index (χ0v) is 12.1. The maximum Gasteiger partial charge on any atom is 0.0387 e. The smallest absolute Gasteiger partial charge is 0.0387 e. The Kier molecular flexibility index (Phi) is 4.08. The second-order valence-corrected chi connectivity index (χ2v) is 5.74. The Hall–Kier alpha value is -0.290. The molecule has 1 aliphatic rings. The van der Waals surface area contributed by atoms with Crippen LogP contribution in [0.1, 0.15) is 20.3 Å². The molecular formula is C13H19IN2. The topological polar surface area (TPSA) is 15.3 Å². The van der Waals surface area contributed by atoms with E-state index in [1.807, 2.05) is 0 Å². The third kappa shape index (κ3) is 2.69. The molecule has 1 fully saturated rings. The lowest BCUT2D eigenvalue weighted by Gasteiger charge is -2.40. The molecule has 1 heterocycles. The number of benzene rings is 1. The molecule has 2 nitrogen and oxygen atoms in total. The van der Waals surface area contributed by atoms with Gasteiger partial charge in [-0.1, -0.05) is 6.92 Å². The van der Waals surface area contributed by atoms with Crippen molar-refractivity contribution in [1.82, 2.24) is 5.32 Å². The van der Waals surface area contributed by atoms with Crippen molar-refractivity contribution in [2.24, 2.45) is 0 Å². The van der Waals surface area contributed by atoms with Gasteiger partial charge >= 0.3 is 0 Å². The number of rotatable bonds is 2. The molecule has 88 valence electrons. The van der Waals surface area contributed by atoms with Gasteiger partial charge < -0.3 is 10.2 Å². The van der Waals surface area contributed by atoms with Crippen LogP contribution in [0.5, 0.6) is 0 Å². The third-order valence-electron chi connectivity index (χ3n) is 3.30. The van der Waals surface area contributed by atoms with Gasteiger partial charge in [-0.3, -0.25) is 0 Å². The number of halogens is 1. The van der Waals surface area contributed by atoms with Gasteiger partial charge in [0, 0.05) is 34.4 Å². The summed E-state index contributed by atoms with van der Waals surface area (Å²) in [6.45, 7) is 6.75. The summed E-state index contributed by atoms with van der Waals surface area (Å²) in [7, 11) is 0. The molecule has 1 N–H and O–H groups in total. The van der Waals surface area contributed by atoms with Crippen LogP contribution in [0.25, 0.3) is 0 Å². The van der Waals surface area contributed by atoms with Crippen LogP contribution in [0.3, 0.4) is 0 Å². The normalized spacial score (nSPS) is 25.8. The van der Waals surface area contributed by atoms with Crippen LogP contribution >= 0.6 is 22.6 Å². The molecular weight excluding hydrogens is 311 g/mol. The fourth-order valence-corrected chi connectivity index (χ4v) is 2.55. The van der Waals surface area contributed by atoms with E-state index < -0.39 is 0 Å². The first kappa shape index (κ1) is 12.2. The molecule has 0 saturated carbocycles. The lowest BCUT2D eigenvalue weighted by atomic mass is 10.1. The third-order valence-corrected chi connectivity index (χ3v) is 4.02. The van der Waals surface area contributed by atoms with E-state index >= 15 is 0 Å². The van der Waals surface area contributed by atoms with E-state index in [1.54, 1.807) is 0 Å². The Balaban J connectivity index is 2.14. The van der Waals surface area contributed by atoms with E-state index in [4.69, 9.17) is 0 Å². The monoisotopic (exact) mass is 330 g/mol. The van der Waals surface area contributed by atoms with Crippen molar-refractivity contribution in [1.29, 1.82) is 0 Å². The van der Waals surface area contributed by atoms with Gasteiger partial charge in [0.15, 0.2) is 0 Å². The van der Waals surface area contributed by atoms with Gasteiger partial charge in [-0.15, -0.1) is 0 Å². The fourth-order valence-electron chi connectivity index (χ4n) is 2.20. The largest absolute Gasteiger partial charge is 0.366 e. The predicted octanol–water partition coefficient (Wildman–Crippen LogP) is 2.87. The Morgan fingerprint density at radius 1 is 1.38 bits per heavy atom. The number of hydrogen-bond donors (Lipinski definition) is 1. The second kappa shape index (κ2) is 5.36. The maximum absolute atomic E-state index is 3.59. The molecule has 2 rings (SSSR count). The van der Waals surface area contributed by atoms with Crippen molar-refractivity contribution in [3.63, 3.8) is 0 Å². The predicted molar refractivity (Wildman–Crippen MR) is 78.0 cm³/mol. The molecule has 0 spiro atoms. The molecule has 0 aromatic heterocycles. The summed E-state index contributed by atoms with van der Waals surface area (Å²) in [6, 6.07) is 10.1. The molecule has 1 aliphatic heterocycles. The molecule has 2 atom stereocenters. The SMILES string of the molecule is CCC1CN(c2ccc(I)cc2)C(C)CN1. The molecule has 2 unspecified atom stereocenters. The fraction of sp³-hybridized carbons (Fsp3) is 0.538. The highest BCUT2D eigenvalue weighted by Crippen LogP contribution is 2.21. The maximum atomic E-state index is 3.59. The molecule has 16 heavy (non-hydrogen) atoms.